The third-order valence-corrected chi connectivity index (χ3v) is 5.50. The van der Waals surface area contributed by atoms with Crippen LogP contribution in [0, 0.1) is 5.92 Å². The maximum atomic E-state index is 12.5. The van der Waals surface area contributed by atoms with E-state index in [9.17, 15) is 14.4 Å². The van der Waals surface area contributed by atoms with Gasteiger partial charge in [0.05, 0.1) is 5.92 Å². The Labute approximate surface area is 170 Å². The van der Waals surface area contributed by atoms with Gasteiger partial charge >= 0.3 is 5.97 Å². The molecule has 2 aliphatic rings. The highest BCUT2D eigenvalue weighted by atomic mass is 16.5. The first-order valence-corrected chi connectivity index (χ1v) is 10.0. The number of anilines is 1. The first-order chi connectivity index (χ1) is 14.1. The molecule has 0 spiro atoms. The molecule has 2 heterocycles. The summed E-state index contributed by atoms with van der Waals surface area (Å²) in [4.78, 5) is 40.1. The molecule has 4 rings (SSSR count). The fourth-order valence-corrected chi connectivity index (χ4v) is 3.87. The molecule has 0 saturated carbocycles. The number of carbonyl (C=O) groups excluding carboxylic acids is 3. The van der Waals surface area contributed by atoms with Crippen molar-refractivity contribution < 1.29 is 19.1 Å². The van der Waals surface area contributed by atoms with Gasteiger partial charge in [-0.2, -0.15) is 0 Å². The number of likely N-dealkylation sites (tertiary alicyclic amines) is 1. The zero-order chi connectivity index (χ0) is 20.2. The van der Waals surface area contributed by atoms with Crippen LogP contribution in [0.15, 0.2) is 54.6 Å². The number of benzene rings is 2. The Bertz CT molecular complexity index is 895. The minimum Gasteiger partial charge on any atom is -0.426 e. The number of hydrogen-bond acceptors (Lipinski definition) is 4. The summed E-state index contributed by atoms with van der Waals surface area (Å²) in [5, 5.41) is 0. The van der Waals surface area contributed by atoms with Crippen LogP contribution < -0.4 is 9.64 Å². The number of rotatable bonds is 6. The van der Waals surface area contributed by atoms with Crippen molar-refractivity contribution in [2.24, 2.45) is 5.92 Å². The lowest BCUT2D eigenvalue weighted by Crippen LogP contribution is -2.29. The first kappa shape index (κ1) is 19.2. The Balaban J connectivity index is 1.30. The van der Waals surface area contributed by atoms with E-state index in [0.29, 0.717) is 25.3 Å². The normalized spacial score (nSPS) is 19.1. The van der Waals surface area contributed by atoms with Crippen LogP contribution in [0.4, 0.5) is 5.69 Å². The summed E-state index contributed by atoms with van der Waals surface area (Å²) < 4.78 is 5.48. The van der Waals surface area contributed by atoms with Gasteiger partial charge in [0.15, 0.2) is 0 Å². The molecular formula is C23H24N2O4. The molecule has 1 unspecified atom stereocenters. The smallest absolute Gasteiger partial charge is 0.316 e. The van der Waals surface area contributed by atoms with Gasteiger partial charge in [0.1, 0.15) is 5.75 Å². The van der Waals surface area contributed by atoms with Crippen LogP contribution in [0.5, 0.6) is 5.75 Å². The maximum Gasteiger partial charge on any atom is 0.316 e. The molecule has 2 amide bonds. The fourth-order valence-electron chi connectivity index (χ4n) is 3.87. The number of carbonyl (C=O) groups is 3. The van der Waals surface area contributed by atoms with E-state index in [1.165, 1.54) is 5.56 Å². The number of hydrogen-bond donors (Lipinski definition) is 0. The summed E-state index contributed by atoms with van der Waals surface area (Å²) >= 11 is 0. The van der Waals surface area contributed by atoms with Crippen LogP contribution in [0.3, 0.4) is 0 Å². The van der Waals surface area contributed by atoms with Crippen LogP contribution in [0.2, 0.25) is 0 Å². The van der Waals surface area contributed by atoms with Crippen LogP contribution >= 0.6 is 0 Å². The second-order valence-electron chi connectivity index (χ2n) is 7.54. The molecule has 2 saturated heterocycles. The quantitative estimate of drug-likeness (QED) is 0.560. The second-order valence-corrected chi connectivity index (χ2v) is 7.54. The largest absolute Gasteiger partial charge is 0.426 e. The van der Waals surface area contributed by atoms with E-state index in [0.717, 1.165) is 25.1 Å². The van der Waals surface area contributed by atoms with Crippen molar-refractivity contribution in [2.75, 3.05) is 24.5 Å². The number of amides is 2. The maximum absolute atomic E-state index is 12.5. The Hall–Kier alpha value is -3.15. The van der Waals surface area contributed by atoms with Crippen molar-refractivity contribution in [3.05, 3.63) is 60.2 Å². The van der Waals surface area contributed by atoms with Crippen LogP contribution in [0.1, 0.15) is 24.8 Å². The van der Waals surface area contributed by atoms with E-state index >= 15 is 0 Å². The Kier molecular flexibility index (Phi) is 5.60. The molecule has 0 bridgehead atoms. The lowest BCUT2D eigenvalue weighted by molar-refractivity contribution is -0.139. The summed E-state index contributed by atoms with van der Waals surface area (Å²) in [6.45, 7) is 1.72. The molecule has 0 radical (unpaired) electrons. The predicted molar refractivity (Wildman–Crippen MR) is 108 cm³/mol. The number of ether oxygens (including phenoxy) is 1. The van der Waals surface area contributed by atoms with E-state index < -0.39 is 5.92 Å². The monoisotopic (exact) mass is 392 g/mol. The van der Waals surface area contributed by atoms with E-state index in [1.807, 2.05) is 30.3 Å². The third-order valence-electron chi connectivity index (χ3n) is 5.50. The molecule has 2 aromatic rings. The van der Waals surface area contributed by atoms with Gasteiger partial charge in [0, 0.05) is 38.2 Å². The minimum absolute atomic E-state index is 0.00854. The van der Waals surface area contributed by atoms with Gasteiger partial charge in [0.25, 0.3) is 0 Å². The zero-order valence-corrected chi connectivity index (χ0v) is 16.3. The highest BCUT2D eigenvalue weighted by Crippen LogP contribution is 2.26. The standard InChI is InChI=1S/C23H24N2O4/c26-21-7-4-13-25(21)19-8-10-20(11-9-19)29-23(28)18-15-22(27)24(16-18)14-12-17-5-2-1-3-6-17/h1-3,5-6,8-11,18H,4,7,12-16H2. The molecule has 0 aromatic heterocycles. The van der Waals surface area contributed by atoms with Gasteiger partial charge in [-0.15, -0.1) is 0 Å². The number of nitrogens with zero attached hydrogens (tertiary/aromatic N) is 2. The summed E-state index contributed by atoms with van der Waals surface area (Å²) in [7, 11) is 0. The molecule has 29 heavy (non-hydrogen) atoms. The highest BCUT2D eigenvalue weighted by molar-refractivity contribution is 5.95. The minimum atomic E-state index is -0.446. The Morgan fingerprint density at radius 1 is 1.00 bits per heavy atom. The van der Waals surface area contributed by atoms with Gasteiger partial charge in [-0.25, -0.2) is 0 Å². The van der Waals surface area contributed by atoms with Gasteiger partial charge in [0.2, 0.25) is 11.8 Å². The van der Waals surface area contributed by atoms with Gasteiger partial charge in [-0.1, -0.05) is 30.3 Å². The van der Waals surface area contributed by atoms with E-state index in [2.05, 4.69) is 0 Å². The molecule has 1 atom stereocenters. The van der Waals surface area contributed by atoms with Crippen molar-refractivity contribution >= 4 is 23.5 Å². The Morgan fingerprint density at radius 3 is 2.45 bits per heavy atom. The van der Waals surface area contributed by atoms with Gasteiger partial charge in [-0.3, -0.25) is 14.4 Å². The molecular weight excluding hydrogens is 368 g/mol. The molecule has 2 aliphatic heterocycles. The van der Waals surface area contributed by atoms with E-state index in [1.54, 1.807) is 34.1 Å². The van der Waals surface area contributed by atoms with Crippen LogP contribution in [-0.4, -0.2) is 42.3 Å². The summed E-state index contributed by atoms with van der Waals surface area (Å²) in [5.74, 6) is -0.287. The molecule has 2 aromatic carbocycles. The Morgan fingerprint density at radius 2 is 1.76 bits per heavy atom. The molecule has 0 N–H and O–H groups in total. The van der Waals surface area contributed by atoms with Crippen molar-refractivity contribution in [1.29, 1.82) is 0 Å². The second kappa shape index (κ2) is 8.47. The van der Waals surface area contributed by atoms with Crippen LogP contribution in [0.25, 0.3) is 0 Å². The first-order valence-electron chi connectivity index (χ1n) is 10.0. The molecule has 150 valence electrons. The van der Waals surface area contributed by atoms with Crippen LogP contribution in [-0.2, 0) is 20.8 Å². The lowest BCUT2D eigenvalue weighted by Gasteiger charge is -2.17. The third kappa shape index (κ3) is 4.47. The van der Waals surface area contributed by atoms with Crippen molar-refractivity contribution in [3.63, 3.8) is 0 Å². The summed E-state index contributed by atoms with van der Waals surface area (Å²) in [6, 6.07) is 17.0. The lowest BCUT2D eigenvalue weighted by atomic mass is 10.1. The van der Waals surface area contributed by atoms with Gasteiger partial charge in [-0.05, 0) is 42.7 Å². The van der Waals surface area contributed by atoms with Crippen molar-refractivity contribution in [3.8, 4) is 5.75 Å². The summed E-state index contributed by atoms with van der Waals surface area (Å²) in [5.41, 5.74) is 1.98. The zero-order valence-electron chi connectivity index (χ0n) is 16.3. The summed E-state index contributed by atoms with van der Waals surface area (Å²) in [6.07, 6.45) is 2.40. The fraction of sp³-hybridized carbons (Fsp3) is 0.348. The van der Waals surface area contributed by atoms with Crippen molar-refractivity contribution in [2.45, 2.75) is 25.7 Å². The van der Waals surface area contributed by atoms with Gasteiger partial charge < -0.3 is 14.5 Å². The van der Waals surface area contributed by atoms with E-state index in [-0.39, 0.29) is 24.2 Å². The number of esters is 1. The molecule has 0 aliphatic carbocycles. The predicted octanol–water partition coefficient (Wildman–Crippen LogP) is 2.81. The molecule has 6 nitrogen and oxygen atoms in total. The van der Waals surface area contributed by atoms with E-state index in [4.69, 9.17) is 4.74 Å². The SMILES string of the molecule is O=C(Oc1ccc(N2CCCC2=O)cc1)C1CC(=O)N(CCc2ccccc2)C1. The topological polar surface area (TPSA) is 66.9 Å². The average Bonchev–Trinajstić information content (AvgIpc) is 3.33. The molecule has 2 fully saturated rings. The highest BCUT2D eigenvalue weighted by Gasteiger charge is 2.35. The average molecular weight is 392 g/mol. The molecule has 6 heteroatoms. The van der Waals surface area contributed by atoms with Crippen molar-refractivity contribution in [1.82, 2.24) is 4.90 Å².